The van der Waals surface area contributed by atoms with E-state index in [1.165, 1.54) is 0 Å². The van der Waals surface area contributed by atoms with Crippen molar-refractivity contribution in [3.8, 4) is 6.01 Å². The normalized spacial score (nSPS) is 10.1. The van der Waals surface area contributed by atoms with E-state index in [1.54, 1.807) is 12.3 Å². The van der Waals surface area contributed by atoms with Crippen molar-refractivity contribution in [3.63, 3.8) is 0 Å². The highest BCUT2D eigenvalue weighted by Gasteiger charge is 1.99. The molecule has 0 saturated carbocycles. The molecule has 1 heterocycles. The summed E-state index contributed by atoms with van der Waals surface area (Å²) >= 11 is 0. The van der Waals surface area contributed by atoms with Gasteiger partial charge in [-0.3, -0.25) is 0 Å². The fourth-order valence-corrected chi connectivity index (χ4v) is 1.26. The highest BCUT2D eigenvalue weighted by atomic mass is 16.5. The van der Waals surface area contributed by atoms with E-state index in [0.717, 1.165) is 5.56 Å². The summed E-state index contributed by atoms with van der Waals surface area (Å²) in [4.78, 5) is 7.98. The number of aromatic nitrogens is 2. The van der Waals surface area contributed by atoms with Crippen LogP contribution in [0.3, 0.4) is 0 Å². The smallest absolute Gasteiger partial charge is 0.316 e. The zero-order valence-electron chi connectivity index (χ0n) is 8.71. The van der Waals surface area contributed by atoms with E-state index in [4.69, 9.17) is 9.84 Å². The fraction of sp³-hybridized carbons (Fsp3) is 0.167. The van der Waals surface area contributed by atoms with Crippen molar-refractivity contribution >= 4 is 0 Å². The predicted molar refractivity (Wildman–Crippen MR) is 58.7 cm³/mol. The zero-order chi connectivity index (χ0) is 11.2. The molecule has 0 aliphatic heterocycles. The van der Waals surface area contributed by atoms with Crippen LogP contribution in [0.1, 0.15) is 11.3 Å². The Hall–Kier alpha value is -1.94. The molecule has 82 valence electrons. The van der Waals surface area contributed by atoms with Gasteiger partial charge in [-0.1, -0.05) is 30.3 Å². The summed E-state index contributed by atoms with van der Waals surface area (Å²) in [5, 5.41) is 8.90. The average molecular weight is 216 g/mol. The Balaban J connectivity index is 1.99. The molecule has 0 radical (unpaired) electrons. The number of hydrogen-bond acceptors (Lipinski definition) is 4. The van der Waals surface area contributed by atoms with Crippen LogP contribution in [-0.4, -0.2) is 15.1 Å². The molecule has 0 unspecified atom stereocenters. The van der Waals surface area contributed by atoms with Crippen molar-refractivity contribution < 1.29 is 9.84 Å². The molecule has 4 heteroatoms. The summed E-state index contributed by atoms with van der Waals surface area (Å²) in [6, 6.07) is 11.7. The molecule has 1 aromatic heterocycles. The number of nitrogens with zero attached hydrogens (tertiary/aromatic N) is 2. The summed E-state index contributed by atoms with van der Waals surface area (Å²) in [5.74, 6) is 0. The fourth-order valence-electron chi connectivity index (χ4n) is 1.26. The van der Waals surface area contributed by atoms with Gasteiger partial charge in [0.25, 0.3) is 0 Å². The van der Waals surface area contributed by atoms with Crippen molar-refractivity contribution in [3.05, 3.63) is 53.9 Å². The molecule has 0 amide bonds. The summed E-state index contributed by atoms with van der Waals surface area (Å²) in [6.07, 6.45) is 1.57. The predicted octanol–water partition coefficient (Wildman–Crippen LogP) is 1.55. The molecule has 2 rings (SSSR count). The van der Waals surface area contributed by atoms with Crippen molar-refractivity contribution in [2.24, 2.45) is 0 Å². The van der Waals surface area contributed by atoms with Gasteiger partial charge in [0.2, 0.25) is 0 Å². The van der Waals surface area contributed by atoms with Gasteiger partial charge in [-0.2, -0.15) is 4.98 Å². The first-order chi connectivity index (χ1) is 7.88. The third-order valence-electron chi connectivity index (χ3n) is 2.06. The van der Waals surface area contributed by atoms with Crippen LogP contribution in [-0.2, 0) is 13.2 Å². The van der Waals surface area contributed by atoms with Gasteiger partial charge in [-0.05, 0) is 11.6 Å². The van der Waals surface area contributed by atoms with Crippen LogP contribution in [0.15, 0.2) is 42.6 Å². The van der Waals surface area contributed by atoms with Gasteiger partial charge in [0.15, 0.2) is 0 Å². The lowest BCUT2D eigenvalue weighted by Gasteiger charge is -2.04. The SMILES string of the molecule is OCc1ccnc(OCc2ccccc2)n1. The van der Waals surface area contributed by atoms with E-state index >= 15 is 0 Å². The quantitative estimate of drug-likeness (QED) is 0.842. The molecule has 4 nitrogen and oxygen atoms in total. The summed E-state index contributed by atoms with van der Waals surface area (Å²) in [7, 11) is 0. The minimum atomic E-state index is -0.107. The van der Waals surface area contributed by atoms with Crippen molar-refractivity contribution in [2.75, 3.05) is 0 Å². The molecule has 0 bridgehead atoms. The van der Waals surface area contributed by atoms with Crippen LogP contribution in [0.2, 0.25) is 0 Å². The van der Waals surface area contributed by atoms with E-state index in [2.05, 4.69) is 9.97 Å². The van der Waals surface area contributed by atoms with Crippen LogP contribution in [0.5, 0.6) is 6.01 Å². The standard InChI is InChI=1S/C12H12N2O2/c15-8-11-6-7-13-12(14-11)16-9-10-4-2-1-3-5-10/h1-7,15H,8-9H2. The second-order valence-corrected chi connectivity index (χ2v) is 3.26. The Morgan fingerprint density at radius 2 is 1.94 bits per heavy atom. The van der Waals surface area contributed by atoms with Gasteiger partial charge in [-0.15, -0.1) is 0 Å². The number of hydrogen-bond donors (Lipinski definition) is 1. The van der Waals surface area contributed by atoms with Crippen molar-refractivity contribution in [1.29, 1.82) is 0 Å². The second kappa shape index (κ2) is 5.23. The van der Waals surface area contributed by atoms with Crippen LogP contribution in [0, 0.1) is 0 Å². The summed E-state index contributed by atoms with van der Waals surface area (Å²) in [5.41, 5.74) is 1.61. The monoisotopic (exact) mass is 216 g/mol. The molecule has 0 fully saturated rings. The van der Waals surface area contributed by atoms with Crippen molar-refractivity contribution in [2.45, 2.75) is 13.2 Å². The van der Waals surface area contributed by atoms with E-state index in [9.17, 15) is 0 Å². The van der Waals surface area contributed by atoms with E-state index in [0.29, 0.717) is 12.3 Å². The highest BCUT2D eigenvalue weighted by Crippen LogP contribution is 2.06. The molecular weight excluding hydrogens is 204 g/mol. The van der Waals surface area contributed by atoms with Gasteiger partial charge in [-0.25, -0.2) is 4.98 Å². The number of aliphatic hydroxyl groups is 1. The maximum atomic E-state index is 8.90. The summed E-state index contributed by atoms with van der Waals surface area (Å²) < 4.78 is 5.40. The van der Waals surface area contributed by atoms with Gasteiger partial charge in [0.05, 0.1) is 12.3 Å². The van der Waals surface area contributed by atoms with Crippen molar-refractivity contribution in [1.82, 2.24) is 9.97 Å². The van der Waals surface area contributed by atoms with Crippen LogP contribution in [0.25, 0.3) is 0 Å². The number of benzene rings is 1. The molecular formula is C12H12N2O2. The van der Waals surface area contributed by atoms with E-state index < -0.39 is 0 Å². The second-order valence-electron chi connectivity index (χ2n) is 3.26. The molecule has 0 aliphatic rings. The first-order valence-electron chi connectivity index (χ1n) is 4.98. The molecule has 1 aromatic carbocycles. The molecule has 0 saturated heterocycles. The van der Waals surface area contributed by atoms with Crippen LogP contribution >= 0.6 is 0 Å². The number of aliphatic hydroxyl groups excluding tert-OH is 1. The zero-order valence-corrected chi connectivity index (χ0v) is 8.71. The lowest BCUT2D eigenvalue weighted by Crippen LogP contribution is -2.01. The lowest BCUT2D eigenvalue weighted by atomic mass is 10.2. The molecule has 0 spiro atoms. The Bertz CT molecular complexity index is 446. The molecule has 0 atom stereocenters. The molecule has 2 aromatic rings. The maximum absolute atomic E-state index is 8.90. The topological polar surface area (TPSA) is 55.2 Å². The Morgan fingerprint density at radius 3 is 2.69 bits per heavy atom. The molecule has 0 aliphatic carbocycles. The van der Waals surface area contributed by atoms with Gasteiger partial charge < -0.3 is 9.84 Å². The minimum Gasteiger partial charge on any atom is -0.459 e. The largest absolute Gasteiger partial charge is 0.459 e. The van der Waals surface area contributed by atoms with Crippen LogP contribution in [0.4, 0.5) is 0 Å². The Morgan fingerprint density at radius 1 is 1.12 bits per heavy atom. The highest BCUT2D eigenvalue weighted by molar-refractivity contribution is 5.14. The minimum absolute atomic E-state index is 0.107. The molecule has 16 heavy (non-hydrogen) atoms. The lowest BCUT2D eigenvalue weighted by molar-refractivity contribution is 0.259. The van der Waals surface area contributed by atoms with Gasteiger partial charge in [0, 0.05) is 6.20 Å². The maximum Gasteiger partial charge on any atom is 0.316 e. The Labute approximate surface area is 93.6 Å². The first kappa shape index (κ1) is 10.6. The number of rotatable bonds is 4. The first-order valence-corrected chi connectivity index (χ1v) is 4.98. The van der Waals surface area contributed by atoms with Gasteiger partial charge >= 0.3 is 6.01 Å². The Kier molecular flexibility index (Phi) is 3.46. The summed E-state index contributed by atoms with van der Waals surface area (Å²) in [6.45, 7) is 0.319. The van der Waals surface area contributed by atoms with Gasteiger partial charge in [0.1, 0.15) is 6.61 Å². The van der Waals surface area contributed by atoms with Crippen LogP contribution < -0.4 is 4.74 Å². The molecule has 1 N–H and O–H groups in total. The third-order valence-corrected chi connectivity index (χ3v) is 2.06. The van der Waals surface area contributed by atoms with E-state index in [-0.39, 0.29) is 12.6 Å². The van der Waals surface area contributed by atoms with E-state index in [1.807, 2.05) is 30.3 Å². The third kappa shape index (κ3) is 2.77. The average Bonchev–Trinajstić information content (AvgIpc) is 2.38. The number of ether oxygens (including phenoxy) is 1.